The van der Waals surface area contributed by atoms with Crippen LogP contribution in [0.25, 0.3) is 6.08 Å². The summed E-state index contributed by atoms with van der Waals surface area (Å²) in [6.45, 7) is 1.18. The number of imide groups is 1. The summed E-state index contributed by atoms with van der Waals surface area (Å²) in [6.07, 6.45) is 1.46. The third kappa shape index (κ3) is 6.67. The van der Waals surface area contributed by atoms with Crippen molar-refractivity contribution in [2.45, 2.75) is 13.5 Å². The van der Waals surface area contributed by atoms with Gasteiger partial charge in [-0.05, 0) is 72.3 Å². The summed E-state index contributed by atoms with van der Waals surface area (Å²) in [5.74, 6) is -1.34. The number of benzene rings is 3. The fourth-order valence-electron chi connectivity index (χ4n) is 3.60. The third-order valence-corrected chi connectivity index (χ3v) is 7.55. The van der Waals surface area contributed by atoms with Crippen LogP contribution in [0.15, 0.2) is 53.4 Å². The van der Waals surface area contributed by atoms with Crippen molar-refractivity contribution in [3.8, 4) is 11.5 Å². The molecule has 0 bridgehead atoms. The second-order valence-electron chi connectivity index (χ2n) is 8.30. The monoisotopic (exact) mass is 608 g/mol. The summed E-state index contributed by atoms with van der Waals surface area (Å²) in [7, 11) is 1.39. The lowest BCUT2D eigenvalue weighted by molar-refractivity contribution is -0.123. The molecule has 39 heavy (non-hydrogen) atoms. The molecule has 3 aromatic rings. The van der Waals surface area contributed by atoms with E-state index in [9.17, 15) is 18.8 Å². The molecule has 1 fully saturated rings. The molecular weight excluding hydrogens is 590 g/mol. The van der Waals surface area contributed by atoms with E-state index in [-0.39, 0.29) is 45.2 Å². The van der Waals surface area contributed by atoms with Crippen molar-refractivity contribution >= 4 is 75.4 Å². The highest BCUT2D eigenvalue weighted by Gasteiger charge is 2.36. The van der Waals surface area contributed by atoms with Crippen molar-refractivity contribution in [1.82, 2.24) is 4.90 Å². The molecule has 3 aromatic carbocycles. The fraction of sp³-hybridized carbons (Fsp3) is 0.148. The van der Waals surface area contributed by atoms with E-state index in [4.69, 9.17) is 44.3 Å². The minimum Gasteiger partial charge on any atom is -0.493 e. The van der Waals surface area contributed by atoms with Gasteiger partial charge in [0.05, 0.1) is 23.6 Å². The summed E-state index contributed by atoms with van der Waals surface area (Å²) >= 11 is 19.3. The molecule has 7 nitrogen and oxygen atoms in total. The number of nitrogens with zero attached hydrogens (tertiary/aromatic N) is 1. The maximum Gasteiger partial charge on any atom is 0.293 e. The molecule has 1 N–H and O–H groups in total. The minimum atomic E-state index is -0.617. The smallest absolute Gasteiger partial charge is 0.293 e. The first-order chi connectivity index (χ1) is 18.6. The molecule has 1 heterocycles. The second kappa shape index (κ2) is 12.3. The number of halogens is 4. The van der Waals surface area contributed by atoms with Crippen LogP contribution in [0.4, 0.5) is 14.9 Å². The molecule has 0 atom stereocenters. The lowest BCUT2D eigenvalue weighted by Crippen LogP contribution is -2.28. The van der Waals surface area contributed by atoms with Crippen LogP contribution in [-0.4, -0.2) is 35.7 Å². The van der Waals surface area contributed by atoms with Gasteiger partial charge in [0.15, 0.2) is 18.1 Å². The molecule has 0 aromatic heterocycles. The number of anilines is 1. The number of carbonyl (C=O) groups excluding carboxylic acids is 3. The Morgan fingerprint density at radius 3 is 2.54 bits per heavy atom. The number of nitrogens with one attached hydrogen (secondary N) is 1. The van der Waals surface area contributed by atoms with Gasteiger partial charge in [0.1, 0.15) is 5.82 Å². The SMILES string of the molecule is COc1cc(/C=C2\SC(=O)N(Cc3c(F)cccc3Cl)C2=O)cc(Cl)c1OCC(=O)Nc1ccc(C)c(Cl)c1. The summed E-state index contributed by atoms with van der Waals surface area (Å²) in [4.78, 5) is 38.8. The lowest BCUT2D eigenvalue weighted by Gasteiger charge is -2.14. The van der Waals surface area contributed by atoms with Gasteiger partial charge in [-0.1, -0.05) is 46.9 Å². The third-order valence-electron chi connectivity index (χ3n) is 5.60. The van der Waals surface area contributed by atoms with Crippen molar-refractivity contribution in [2.24, 2.45) is 0 Å². The zero-order valence-corrected chi connectivity index (χ0v) is 23.6. The Morgan fingerprint density at radius 2 is 1.85 bits per heavy atom. The van der Waals surface area contributed by atoms with E-state index < -0.39 is 22.9 Å². The van der Waals surface area contributed by atoms with E-state index in [0.717, 1.165) is 10.5 Å². The second-order valence-corrected chi connectivity index (χ2v) is 10.5. The molecule has 12 heteroatoms. The minimum absolute atomic E-state index is 0.0449. The van der Waals surface area contributed by atoms with Crippen molar-refractivity contribution in [2.75, 3.05) is 19.0 Å². The highest BCUT2D eigenvalue weighted by atomic mass is 35.5. The maximum atomic E-state index is 14.2. The fourth-order valence-corrected chi connectivity index (χ4v) is 5.11. The average molecular weight is 610 g/mol. The zero-order valence-electron chi connectivity index (χ0n) is 20.5. The van der Waals surface area contributed by atoms with Crippen molar-refractivity contribution < 1.29 is 28.2 Å². The van der Waals surface area contributed by atoms with Crippen LogP contribution in [0, 0.1) is 12.7 Å². The van der Waals surface area contributed by atoms with Crippen LogP contribution in [0.3, 0.4) is 0 Å². The predicted octanol–water partition coefficient (Wildman–Crippen LogP) is 7.36. The number of thioether (sulfide) groups is 1. The first-order valence-corrected chi connectivity index (χ1v) is 13.3. The molecular formula is C27H20Cl3FN2O5S. The number of hydrogen-bond acceptors (Lipinski definition) is 6. The molecule has 0 saturated carbocycles. The van der Waals surface area contributed by atoms with Gasteiger partial charge in [0.25, 0.3) is 17.1 Å². The predicted molar refractivity (Wildman–Crippen MR) is 151 cm³/mol. The molecule has 1 saturated heterocycles. The number of hydrogen-bond donors (Lipinski definition) is 1. The zero-order chi connectivity index (χ0) is 28.3. The van der Waals surface area contributed by atoms with Gasteiger partial charge < -0.3 is 14.8 Å². The molecule has 3 amide bonds. The van der Waals surface area contributed by atoms with Crippen LogP contribution in [0.5, 0.6) is 11.5 Å². The van der Waals surface area contributed by atoms with Crippen LogP contribution in [0.1, 0.15) is 16.7 Å². The van der Waals surface area contributed by atoms with Gasteiger partial charge in [0, 0.05) is 21.3 Å². The van der Waals surface area contributed by atoms with E-state index >= 15 is 0 Å². The Labute approximate surface area is 242 Å². The molecule has 0 unspecified atom stereocenters. The van der Waals surface area contributed by atoms with Crippen LogP contribution in [0.2, 0.25) is 15.1 Å². The quantitative estimate of drug-likeness (QED) is 0.269. The summed E-state index contributed by atoms with van der Waals surface area (Å²) in [6, 6.07) is 12.3. The average Bonchev–Trinajstić information content (AvgIpc) is 3.14. The van der Waals surface area contributed by atoms with E-state index in [2.05, 4.69) is 5.32 Å². The van der Waals surface area contributed by atoms with Crippen molar-refractivity contribution in [3.63, 3.8) is 0 Å². The van der Waals surface area contributed by atoms with E-state index in [1.54, 1.807) is 24.3 Å². The number of methoxy groups -OCH3 is 1. The van der Waals surface area contributed by atoms with Gasteiger partial charge in [-0.3, -0.25) is 19.3 Å². The first-order valence-electron chi connectivity index (χ1n) is 11.3. The molecule has 1 aliphatic rings. The normalized spacial score (nSPS) is 14.2. The highest BCUT2D eigenvalue weighted by Crippen LogP contribution is 2.39. The summed E-state index contributed by atoms with van der Waals surface area (Å²) < 4.78 is 25.2. The Bertz CT molecular complexity index is 1490. The summed E-state index contributed by atoms with van der Waals surface area (Å²) in [5, 5.41) is 2.86. The standard InChI is InChI=1S/C27H20Cl3FN2O5S/c1-14-6-7-16(11-19(14)29)32-24(34)13-38-25-20(30)8-15(9-22(25)37-2)10-23-26(35)33(27(36)39-23)12-17-18(28)4-3-5-21(17)31/h3-11H,12-13H2,1-2H3,(H,32,34)/b23-10-. The topological polar surface area (TPSA) is 84.9 Å². The van der Waals surface area contributed by atoms with Crippen LogP contribution >= 0.6 is 46.6 Å². The number of aryl methyl sites for hydroxylation is 1. The Hall–Kier alpha value is -3.24. The van der Waals surface area contributed by atoms with E-state index in [0.29, 0.717) is 28.0 Å². The molecule has 202 valence electrons. The highest BCUT2D eigenvalue weighted by molar-refractivity contribution is 8.18. The lowest BCUT2D eigenvalue weighted by atomic mass is 10.1. The van der Waals surface area contributed by atoms with Crippen LogP contribution < -0.4 is 14.8 Å². The number of carbonyl (C=O) groups is 3. The Morgan fingerprint density at radius 1 is 1.08 bits per heavy atom. The molecule has 1 aliphatic heterocycles. The molecule has 0 spiro atoms. The Kier molecular flexibility index (Phi) is 9.07. The van der Waals surface area contributed by atoms with Crippen LogP contribution in [-0.2, 0) is 16.1 Å². The first kappa shape index (κ1) is 28.8. The number of ether oxygens (including phenoxy) is 2. The van der Waals surface area contributed by atoms with Crippen molar-refractivity contribution in [1.29, 1.82) is 0 Å². The number of amides is 3. The van der Waals surface area contributed by atoms with Gasteiger partial charge in [-0.2, -0.15) is 0 Å². The maximum absolute atomic E-state index is 14.2. The van der Waals surface area contributed by atoms with E-state index in [1.807, 2.05) is 6.92 Å². The molecule has 4 rings (SSSR count). The van der Waals surface area contributed by atoms with E-state index in [1.165, 1.54) is 37.5 Å². The van der Waals surface area contributed by atoms with Gasteiger partial charge in [-0.15, -0.1) is 0 Å². The van der Waals surface area contributed by atoms with Gasteiger partial charge >= 0.3 is 0 Å². The van der Waals surface area contributed by atoms with Gasteiger partial charge in [0.2, 0.25) is 0 Å². The van der Waals surface area contributed by atoms with Crippen molar-refractivity contribution in [3.05, 3.63) is 91.0 Å². The molecule has 0 aliphatic carbocycles. The van der Waals surface area contributed by atoms with Gasteiger partial charge in [-0.25, -0.2) is 4.39 Å². The molecule has 0 radical (unpaired) electrons. The number of rotatable bonds is 8. The summed E-state index contributed by atoms with van der Waals surface area (Å²) in [5.41, 5.74) is 1.88. The largest absolute Gasteiger partial charge is 0.493 e. The Balaban J connectivity index is 1.48.